The molecule has 1 N–H and O–H groups in total. The van der Waals surface area contributed by atoms with Gasteiger partial charge in [0, 0.05) is 36.6 Å². The predicted molar refractivity (Wildman–Crippen MR) is 154 cm³/mol. The lowest BCUT2D eigenvalue weighted by molar-refractivity contribution is 0.194. The summed E-state index contributed by atoms with van der Waals surface area (Å²) in [6.07, 6.45) is 3.56. The van der Waals surface area contributed by atoms with Gasteiger partial charge in [-0.05, 0) is 75.3 Å². The Bertz CT molecular complexity index is 1780. The van der Waals surface area contributed by atoms with E-state index in [1.165, 1.54) is 12.1 Å². The van der Waals surface area contributed by atoms with E-state index in [1.807, 2.05) is 67.7 Å². The molecule has 41 heavy (non-hydrogen) atoms. The minimum absolute atomic E-state index is 0.214. The molecule has 0 aliphatic rings. The van der Waals surface area contributed by atoms with Gasteiger partial charge in [0.1, 0.15) is 11.9 Å². The van der Waals surface area contributed by atoms with Crippen LogP contribution in [0.15, 0.2) is 108 Å². The third-order valence-corrected chi connectivity index (χ3v) is 7.08. The van der Waals surface area contributed by atoms with Gasteiger partial charge in [-0.15, -0.1) is 5.10 Å². The fraction of sp³-hybridized carbons (Fsp3) is 0.156. The summed E-state index contributed by atoms with van der Waals surface area (Å²) < 4.78 is 15.3. The number of H-pyrrole nitrogens is 1. The summed E-state index contributed by atoms with van der Waals surface area (Å²) in [5.41, 5.74) is 5.03. The number of pyridine rings is 2. The van der Waals surface area contributed by atoms with Crippen LogP contribution in [-0.4, -0.2) is 35.1 Å². The molecule has 3 aromatic heterocycles. The van der Waals surface area contributed by atoms with Gasteiger partial charge in [-0.1, -0.05) is 60.7 Å². The molecule has 0 bridgehead atoms. The largest absolute Gasteiger partial charge is 0.322 e. The van der Waals surface area contributed by atoms with E-state index < -0.39 is 6.04 Å². The number of hydrogen-bond acceptors (Lipinski definition) is 6. The molecule has 0 saturated heterocycles. The van der Waals surface area contributed by atoms with Crippen LogP contribution in [0.3, 0.4) is 0 Å². The van der Waals surface area contributed by atoms with Gasteiger partial charge >= 0.3 is 0 Å². The smallest absolute Gasteiger partial charge is 0.253 e. The molecule has 0 radical (unpaired) electrons. The number of rotatable bonds is 9. The molecular weight excluding hydrogens is 517 g/mol. The second kappa shape index (κ2) is 11.6. The Kier molecular flexibility index (Phi) is 7.42. The Morgan fingerprint density at radius 2 is 1.68 bits per heavy atom. The van der Waals surface area contributed by atoms with Crippen molar-refractivity contribution in [3.8, 4) is 0 Å². The second-order valence-corrected chi connectivity index (χ2v) is 10.1. The summed E-state index contributed by atoms with van der Waals surface area (Å²) in [5, 5.41) is 13.7. The maximum atomic E-state index is 13.8. The number of nitrogens with one attached hydrogen (secondary N) is 1. The van der Waals surface area contributed by atoms with E-state index in [4.69, 9.17) is 0 Å². The number of aryl methyl sites for hydroxylation is 1. The second-order valence-electron chi connectivity index (χ2n) is 10.1. The highest BCUT2D eigenvalue weighted by Gasteiger charge is 2.31. The minimum atomic E-state index is -0.611. The van der Waals surface area contributed by atoms with Crippen LogP contribution >= 0.6 is 0 Å². The van der Waals surface area contributed by atoms with Crippen LogP contribution in [0, 0.1) is 12.7 Å². The van der Waals surface area contributed by atoms with Crippen LogP contribution in [0.4, 0.5) is 4.39 Å². The van der Waals surface area contributed by atoms with Crippen LogP contribution in [-0.2, 0) is 19.6 Å². The molecule has 1 atom stereocenters. The van der Waals surface area contributed by atoms with E-state index >= 15 is 0 Å². The van der Waals surface area contributed by atoms with E-state index in [1.54, 1.807) is 23.0 Å². The lowest BCUT2D eigenvalue weighted by Crippen LogP contribution is -2.35. The van der Waals surface area contributed by atoms with Crippen molar-refractivity contribution in [3.05, 3.63) is 153 Å². The predicted octanol–water partition coefficient (Wildman–Crippen LogP) is 5.20. The molecule has 0 saturated carbocycles. The van der Waals surface area contributed by atoms with Gasteiger partial charge in [0.25, 0.3) is 5.56 Å². The zero-order valence-electron chi connectivity index (χ0n) is 22.5. The van der Waals surface area contributed by atoms with Crippen LogP contribution in [0.25, 0.3) is 10.9 Å². The Hall–Kier alpha value is -5.02. The zero-order chi connectivity index (χ0) is 28.2. The van der Waals surface area contributed by atoms with Crippen molar-refractivity contribution in [2.75, 3.05) is 0 Å². The fourth-order valence-corrected chi connectivity index (χ4v) is 5.10. The average Bonchev–Trinajstić information content (AvgIpc) is 3.43. The summed E-state index contributed by atoms with van der Waals surface area (Å²) in [5.74, 6) is 0.193. The lowest BCUT2D eigenvalue weighted by atomic mass is 10.0. The highest BCUT2D eigenvalue weighted by Crippen LogP contribution is 2.30. The van der Waals surface area contributed by atoms with Gasteiger partial charge in [0.15, 0.2) is 5.82 Å². The molecule has 6 aromatic rings. The van der Waals surface area contributed by atoms with Crippen molar-refractivity contribution in [1.29, 1.82) is 0 Å². The van der Waals surface area contributed by atoms with Gasteiger partial charge in [-0.3, -0.25) is 14.7 Å². The third-order valence-electron chi connectivity index (χ3n) is 7.08. The normalized spacial score (nSPS) is 12.2. The Labute approximate surface area is 236 Å². The first-order valence-corrected chi connectivity index (χ1v) is 13.3. The highest BCUT2D eigenvalue weighted by atomic mass is 19.1. The topological polar surface area (TPSA) is 92.6 Å². The van der Waals surface area contributed by atoms with Gasteiger partial charge < -0.3 is 4.98 Å². The molecule has 0 aliphatic carbocycles. The standard InChI is InChI=1S/C32H28FN7O/c1-22-9-12-26-17-28(32(41)35-29(26)16-22)30(31-36-37-38-40(31)21-24-10-13-27(33)14-11-24)39(19-23-6-3-2-4-7-23)20-25-8-5-15-34-18-25/h2-18,30H,19-21H2,1H3,(H,35,41)/t30-/m1/s1. The summed E-state index contributed by atoms with van der Waals surface area (Å²) >= 11 is 0. The van der Waals surface area contributed by atoms with Crippen LogP contribution in [0.5, 0.6) is 0 Å². The Morgan fingerprint density at radius 3 is 2.46 bits per heavy atom. The number of aromatic nitrogens is 6. The summed E-state index contributed by atoms with van der Waals surface area (Å²) in [4.78, 5) is 23.4. The number of fused-ring (bicyclic) bond motifs is 1. The average molecular weight is 546 g/mol. The molecule has 0 spiro atoms. The fourth-order valence-electron chi connectivity index (χ4n) is 5.10. The zero-order valence-corrected chi connectivity index (χ0v) is 22.5. The number of aromatic amines is 1. The summed E-state index contributed by atoms with van der Waals surface area (Å²) in [7, 11) is 0. The molecule has 204 valence electrons. The van der Waals surface area contributed by atoms with E-state index in [2.05, 4.69) is 42.5 Å². The van der Waals surface area contributed by atoms with Crippen molar-refractivity contribution >= 4 is 10.9 Å². The molecule has 8 nitrogen and oxygen atoms in total. The van der Waals surface area contributed by atoms with E-state index in [9.17, 15) is 9.18 Å². The maximum Gasteiger partial charge on any atom is 0.253 e. The molecular formula is C32H28FN7O. The number of hydrogen-bond donors (Lipinski definition) is 1. The van der Waals surface area contributed by atoms with Crippen LogP contribution in [0.1, 0.15) is 39.7 Å². The maximum absolute atomic E-state index is 13.8. The first-order chi connectivity index (χ1) is 20.0. The molecule has 0 unspecified atom stereocenters. The van der Waals surface area contributed by atoms with Crippen molar-refractivity contribution < 1.29 is 4.39 Å². The van der Waals surface area contributed by atoms with Gasteiger partial charge in [-0.25, -0.2) is 9.07 Å². The number of halogens is 1. The first kappa shape index (κ1) is 26.2. The van der Waals surface area contributed by atoms with Crippen LogP contribution in [0.2, 0.25) is 0 Å². The summed E-state index contributed by atoms with van der Waals surface area (Å²) in [6, 6.07) is 27.5. The Morgan fingerprint density at radius 1 is 0.902 bits per heavy atom. The first-order valence-electron chi connectivity index (χ1n) is 13.3. The van der Waals surface area contributed by atoms with Gasteiger partial charge in [0.2, 0.25) is 0 Å². The van der Waals surface area contributed by atoms with Crippen molar-refractivity contribution in [1.82, 2.24) is 35.1 Å². The molecule has 3 heterocycles. The number of tetrazole rings is 1. The molecule has 3 aromatic carbocycles. The van der Waals surface area contributed by atoms with E-state index in [-0.39, 0.29) is 11.4 Å². The van der Waals surface area contributed by atoms with E-state index in [0.717, 1.165) is 33.2 Å². The van der Waals surface area contributed by atoms with Gasteiger partial charge in [-0.2, -0.15) is 0 Å². The molecule has 6 rings (SSSR count). The molecule has 0 aliphatic heterocycles. The molecule has 0 fully saturated rings. The lowest BCUT2D eigenvalue weighted by Gasteiger charge is -2.31. The quantitative estimate of drug-likeness (QED) is 0.269. The summed E-state index contributed by atoms with van der Waals surface area (Å²) in [6.45, 7) is 3.32. The third kappa shape index (κ3) is 5.95. The molecule has 9 heteroatoms. The van der Waals surface area contributed by atoms with Gasteiger partial charge in [0.05, 0.1) is 6.54 Å². The highest BCUT2D eigenvalue weighted by molar-refractivity contribution is 5.79. The Balaban J connectivity index is 1.52. The number of benzene rings is 3. The monoisotopic (exact) mass is 545 g/mol. The van der Waals surface area contributed by atoms with Crippen molar-refractivity contribution in [3.63, 3.8) is 0 Å². The van der Waals surface area contributed by atoms with Crippen molar-refractivity contribution in [2.24, 2.45) is 0 Å². The van der Waals surface area contributed by atoms with Crippen molar-refractivity contribution in [2.45, 2.75) is 32.6 Å². The number of nitrogens with zero attached hydrogens (tertiary/aromatic N) is 6. The SMILES string of the molecule is Cc1ccc2cc([C@H](c3nnnn3Cc3ccc(F)cc3)N(Cc3ccccc3)Cc3cccnc3)c(=O)[nH]c2c1. The van der Waals surface area contributed by atoms with Crippen LogP contribution < -0.4 is 5.56 Å². The molecule has 0 amide bonds. The minimum Gasteiger partial charge on any atom is -0.322 e. The van der Waals surface area contributed by atoms with E-state index in [0.29, 0.717) is 31.0 Å².